The number of halogens is 3. The molecule has 1 aliphatic rings. The molecule has 1 fully saturated rings. The molecule has 2 rings (SSSR count). The smallest absolute Gasteiger partial charge is 0.254 e. The molecule has 1 aliphatic heterocycles. The third-order valence-corrected chi connectivity index (χ3v) is 2.86. The molecular weight excluding hydrogens is 247 g/mol. The summed E-state index contributed by atoms with van der Waals surface area (Å²) in [5, 5.41) is 0. The average Bonchev–Trinajstić information content (AvgIpc) is 2.35. The van der Waals surface area contributed by atoms with E-state index in [0.29, 0.717) is 31.9 Å². The van der Waals surface area contributed by atoms with Crippen molar-refractivity contribution in [3.05, 3.63) is 35.1 Å². The Kier molecular flexibility index (Phi) is 3.56. The molecule has 0 aromatic heterocycles. The Labute approximate surface area is 102 Å². The minimum atomic E-state index is -1.57. The maximum absolute atomic E-state index is 13.1. The molecule has 0 saturated carbocycles. The molecule has 0 unspecified atom stereocenters. The molecule has 0 bridgehead atoms. The minimum absolute atomic E-state index is 0.178. The molecule has 1 aromatic rings. The zero-order valence-electron chi connectivity index (χ0n) is 9.75. The van der Waals surface area contributed by atoms with Gasteiger partial charge >= 0.3 is 0 Å². The zero-order valence-corrected chi connectivity index (χ0v) is 9.75. The Bertz CT molecular complexity index is 455. The maximum Gasteiger partial charge on any atom is 0.254 e. The van der Waals surface area contributed by atoms with Crippen LogP contribution in [0.2, 0.25) is 0 Å². The maximum atomic E-state index is 13.1. The summed E-state index contributed by atoms with van der Waals surface area (Å²) in [7, 11) is 0. The number of ether oxygens (including phenoxy) is 1. The molecule has 0 spiro atoms. The number of hydrogen-bond acceptors (Lipinski definition) is 2. The lowest BCUT2D eigenvalue weighted by Gasteiger charge is -2.33. The van der Waals surface area contributed by atoms with Crippen LogP contribution in [0.15, 0.2) is 12.1 Å². The first-order chi connectivity index (χ1) is 8.50. The van der Waals surface area contributed by atoms with Crippen molar-refractivity contribution in [1.29, 1.82) is 0 Å². The van der Waals surface area contributed by atoms with Crippen LogP contribution in [0.3, 0.4) is 0 Å². The van der Waals surface area contributed by atoms with E-state index in [1.54, 1.807) is 6.92 Å². The van der Waals surface area contributed by atoms with E-state index < -0.39 is 23.4 Å². The van der Waals surface area contributed by atoms with Gasteiger partial charge in [-0.15, -0.1) is 0 Å². The highest BCUT2D eigenvalue weighted by Crippen LogP contribution is 2.17. The lowest BCUT2D eigenvalue weighted by atomic mass is 10.1. The fourth-order valence-electron chi connectivity index (χ4n) is 1.87. The van der Waals surface area contributed by atoms with Crippen LogP contribution in [0, 0.1) is 17.5 Å². The van der Waals surface area contributed by atoms with Gasteiger partial charge in [0, 0.05) is 12.1 Å². The van der Waals surface area contributed by atoms with Crippen molar-refractivity contribution in [2.75, 3.05) is 19.8 Å². The Balaban J connectivity index is 2.28. The summed E-state index contributed by atoms with van der Waals surface area (Å²) in [6, 6.07) is 1.24. The van der Waals surface area contributed by atoms with Gasteiger partial charge < -0.3 is 9.64 Å². The molecule has 1 aromatic carbocycles. The molecule has 0 aliphatic carbocycles. The van der Waals surface area contributed by atoms with E-state index in [-0.39, 0.29) is 11.6 Å². The Morgan fingerprint density at radius 3 is 2.50 bits per heavy atom. The van der Waals surface area contributed by atoms with Gasteiger partial charge in [-0.2, -0.15) is 0 Å². The van der Waals surface area contributed by atoms with E-state index in [1.807, 2.05) is 0 Å². The molecule has 18 heavy (non-hydrogen) atoms. The molecule has 1 saturated heterocycles. The van der Waals surface area contributed by atoms with Gasteiger partial charge in [-0.3, -0.25) is 4.79 Å². The van der Waals surface area contributed by atoms with Crippen molar-refractivity contribution < 1.29 is 22.7 Å². The van der Waals surface area contributed by atoms with Crippen molar-refractivity contribution in [2.45, 2.75) is 13.0 Å². The van der Waals surface area contributed by atoms with E-state index in [1.165, 1.54) is 4.90 Å². The fraction of sp³-hybridized carbons (Fsp3) is 0.417. The number of amides is 1. The third kappa shape index (κ3) is 2.33. The van der Waals surface area contributed by atoms with Gasteiger partial charge in [0.1, 0.15) is 0 Å². The largest absolute Gasteiger partial charge is 0.377 e. The number of morpholine rings is 1. The average molecular weight is 259 g/mol. The predicted octanol–water partition coefficient (Wildman–Crippen LogP) is 1.96. The van der Waals surface area contributed by atoms with Crippen LogP contribution < -0.4 is 0 Å². The number of hydrogen-bond donors (Lipinski definition) is 0. The van der Waals surface area contributed by atoms with E-state index in [2.05, 4.69) is 0 Å². The molecule has 0 radical (unpaired) electrons. The molecule has 0 N–H and O–H groups in total. The number of carbonyl (C=O) groups excluding carboxylic acids is 1. The van der Waals surface area contributed by atoms with Gasteiger partial charge in [-0.05, 0) is 19.1 Å². The van der Waals surface area contributed by atoms with Crippen LogP contribution in [0.1, 0.15) is 17.3 Å². The lowest BCUT2D eigenvalue weighted by Crippen LogP contribution is -2.47. The summed E-state index contributed by atoms with van der Waals surface area (Å²) in [4.78, 5) is 13.5. The molecule has 1 atom stereocenters. The quantitative estimate of drug-likeness (QED) is 0.722. The van der Waals surface area contributed by atoms with Gasteiger partial charge in [-0.25, -0.2) is 13.2 Å². The Hall–Kier alpha value is -1.56. The second-order valence-electron chi connectivity index (χ2n) is 4.18. The van der Waals surface area contributed by atoms with Crippen LogP contribution in [0.5, 0.6) is 0 Å². The normalized spacial score (nSPS) is 20.0. The van der Waals surface area contributed by atoms with Crippen molar-refractivity contribution in [3.8, 4) is 0 Å². The van der Waals surface area contributed by atoms with Gasteiger partial charge in [0.25, 0.3) is 5.91 Å². The topological polar surface area (TPSA) is 29.5 Å². The van der Waals surface area contributed by atoms with E-state index in [4.69, 9.17) is 4.74 Å². The zero-order chi connectivity index (χ0) is 13.3. The number of nitrogens with zero attached hydrogens (tertiary/aromatic N) is 1. The van der Waals surface area contributed by atoms with Crippen molar-refractivity contribution >= 4 is 5.91 Å². The van der Waals surface area contributed by atoms with Crippen LogP contribution >= 0.6 is 0 Å². The number of rotatable bonds is 1. The molecular formula is C12H12F3NO2. The standard InChI is InChI=1S/C12H12F3NO2/c1-7-6-18-3-2-16(7)12(17)8-4-9(13)11(15)10(14)5-8/h4-5,7H,2-3,6H2,1H3/t7-/m0/s1. The van der Waals surface area contributed by atoms with Gasteiger partial charge in [0.05, 0.1) is 19.3 Å². The van der Waals surface area contributed by atoms with Gasteiger partial charge in [-0.1, -0.05) is 0 Å². The molecule has 6 heteroatoms. The second kappa shape index (κ2) is 4.97. The summed E-state index contributed by atoms with van der Waals surface area (Å²) in [5.74, 6) is -4.82. The minimum Gasteiger partial charge on any atom is -0.377 e. The highest BCUT2D eigenvalue weighted by molar-refractivity contribution is 5.94. The molecule has 1 amide bonds. The monoisotopic (exact) mass is 259 g/mol. The first-order valence-corrected chi connectivity index (χ1v) is 5.54. The summed E-state index contributed by atoms with van der Waals surface area (Å²) < 4.78 is 44.1. The van der Waals surface area contributed by atoms with Gasteiger partial charge in [0.15, 0.2) is 17.5 Å². The van der Waals surface area contributed by atoms with Crippen LogP contribution in [-0.4, -0.2) is 36.6 Å². The Morgan fingerprint density at radius 2 is 1.94 bits per heavy atom. The molecule has 98 valence electrons. The summed E-state index contributed by atoms with van der Waals surface area (Å²) >= 11 is 0. The summed E-state index contributed by atoms with van der Waals surface area (Å²) in [6.45, 7) is 2.87. The van der Waals surface area contributed by atoms with Gasteiger partial charge in [0.2, 0.25) is 0 Å². The lowest BCUT2D eigenvalue weighted by molar-refractivity contribution is 0.00354. The van der Waals surface area contributed by atoms with Crippen LogP contribution in [0.4, 0.5) is 13.2 Å². The molecule has 3 nitrogen and oxygen atoms in total. The highest BCUT2D eigenvalue weighted by Gasteiger charge is 2.26. The van der Waals surface area contributed by atoms with Crippen molar-refractivity contribution in [3.63, 3.8) is 0 Å². The van der Waals surface area contributed by atoms with E-state index in [9.17, 15) is 18.0 Å². The van der Waals surface area contributed by atoms with E-state index in [0.717, 1.165) is 0 Å². The Morgan fingerprint density at radius 1 is 1.33 bits per heavy atom. The van der Waals surface area contributed by atoms with Crippen molar-refractivity contribution in [2.24, 2.45) is 0 Å². The number of carbonyl (C=O) groups is 1. The fourth-order valence-corrected chi connectivity index (χ4v) is 1.87. The van der Waals surface area contributed by atoms with Crippen molar-refractivity contribution in [1.82, 2.24) is 4.90 Å². The first-order valence-electron chi connectivity index (χ1n) is 5.54. The summed E-state index contributed by atoms with van der Waals surface area (Å²) in [6.07, 6.45) is 0. The second-order valence-corrected chi connectivity index (χ2v) is 4.18. The predicted molar refractivity (Wildman–Crippen MR) is 57.6 cm³/mol. The van der Waals surface area contributed by atoms with Crippen LogP contribution in [-0.2, 0) is 4.74 Å². The third-order valence-electron chi connectivity index (χ3n) is 2.86. The van der Waals surface area contributed by atoms with Crippen LogP contribution in [0.25, 0.3) is 0 Å². The molecule has 1 heterocycles. The first kappa shape index (κ1) is 12.9. The SMILES string of the molecule is C[C@H]1COCCN1C(=O)c1cc(F)c(F)c(F)c1. The summed E-state index contributed by atoms with van der Waals surface area (Å²) in [5.41, 5.74) is -0.194. The number of benzene rings is 1. The van der Waals surface area contributed by atoms with E-state index >= 15 is 0 Å². The highest BCUT2D eigenvalue weighted by atomic mass is 19.2.